The van der Waals surface area contributed by atoms with Crippen molar-refractivity contribution in [2.75, 3.05) is 5.73 Å². The molecule has 0 saturated carbocycles. The van der Waals surface area contributed by atoms with Crippen molar-refractivity contribution in [2.24, 2.45) is 0 Å². The summed E-state index contributed by atoms with van der Waals surface area (Å²) in [5.41, 5.74) is 11.7. The average molecular weight is 305 g/mol. The highest BCUT2D eigenvalue weighted by atomic mass is 15.2. The lowest BCUT2D eigenvalue weighted by atomic mass is 10.1. The lowest BCUT2D eigenvalue weighted by molar-refractivity contribution is 0.795. The predicted octanol–water partition coefficient (Wildman–Crippen LogP) is 4.77. The largest absolute Gasteiger partial charge is 0.369 e. The van der Waals surface area contributed by atoms with Gasteiger partial charge in [-0.3, -0.25) is 4.57 Å². The first-order valence-corrected chi connectivity index (χ1v) is 8.20. The van der Waals surface area contributed by atoms with Crippen LogP contribution >= 0.6 is 0 Å². The van der Waals surface area contributed by atoms with E-state index in [0.717, 1.165) is 29.1 Å². The van der Waals surface area contributed by atoms with Crippen LogP contribution in [0.2, 0.25) is 0 Å². The zero-order valence-electron chi connectivity index (χ0n) is 13.8. The quantitative estimate of drug-likeness (QED) is 0.737. The number of aryl methyl sites for hydroxylation is 2. The van der Waals surface area contributed by atoms with Gasteiger partial charge in [-0.1, -0.05) is 55.8 Å². The smallest absolute Gasteiger partial charge is 0.205 e. The molecule has 1 heterocycles. The summed E-state index contributed by atoms with van der Waals surface area (Å²) in [5.74, 6) is 0.530. The van der Waals surface area contributed by atoms with Crippen molar-refractivity contribution < 1.29 is 0 Å². The Hall–Kier alpha value is -2.55. The van der Waals surface area contributed by atoms with Crippen LogP contribution in [0.1, 0.15) is 31.0 Å². The Labute approximate surface area is 137 Å². The Kier molecular flexibility index (Phi) is 4.47. The van der Waals surface area contributed by atoms with Crippen LogP contribution in [0.4, 0.5) is 5.95 Å². The molecule has 3 nitrogen and oxygen atoms in total. The van der Waals surface area contributed by atoms with Gasteiger partial charge in [0, 0.05) is 11.3 Å². The first-order valence-electron chi connectivity index (χ1n) is 8.20. The van der Waals surface area contributed by atoms with Crippen molar-refractivity contribution in [2.45, 2.75) is 33.1 Å². The van der Waals surface area contributed by atoms with Crippen LogP contribution in [0.25, 0.3) is 16.9 Å². The highest BCUT2D eigenvalue weighted by molar-refractivity contribution is 5.68. The van der Waals surface area contributed by atoms with Crippen LogP contribution in [-0.2, 0) is 6.42 Å². The summed E-state index contributed by atoms with van der Waals surface area (Å²) in [6, 6.07) is 18.9. The maximum atomic E-state index is 6.18. The molecule has 118 valence electrons. The first-order chi connectivity index (χ1) is 11.2. The van der Waals surface area contributed by atoms with Crippen molar-refractivity contribution in [3.05, 3.63) is 65.9 Å². The number of imidazole rings is 1. The molecule has 0 atom stereocenters. The van der Waals surface area contributed by atoms with Crippen molar-refractivity contribution in [1.29, 1.82) is 0 Å². The summed E-state index contributed by atoms with van der Waals surface area (Å²) in [7, 11) is 0. The Morgan fingerprint density at radius 1 is 1.00 bits per heavy atom. The highest BCUT2D eigenvalue weighted by Gasteiger charge is 2.15. The van der Waals surface area contributed by atoms with Crippen molar-refractivity contribution >= 4 is 5.95 Å². The lowest BCUT2D eigenvalue weighted by Gasteiger charge is -2.12. The average Bonchev–Trinajstić information content (AvgIpc) is 2.88. The number of unbranched alkanes of at least 4 members (excludes halogenated alkanes) is 1. The van der Waals surface area contributed by atoms with Crippen LogP contribution < -0.4 is 5.73 Å². The molecule has 0 fully saturated rings. The lowest BCUT2D eigenvalue weighted by Crippen LogP contribution is -2.02. The number of benzene rings is 2. The molecule has 0 radical (unpaired) electrons. The zero-order chi connectivity index (χ0) is 16.2. The van der Waals surface area contributed by atoms with E-state index in [1.165, 1.54) is 18.4 Å². The molecule has 3 aromatic rings. The molecule has 0 aliphatic heterocycles. The second-order valence-electron chi connectivity index (χ2n) is 5.88. The van der Waals surface area contributed by atoms with E-state index >= 15 is 0 Å². The number of aromatic nitrogens is 2. The molecular weight excluding hydrogens is 282 g/mol. The van der Waals surface area contributed by atoms with Crippen LogP contribution in [-0.4, -0.2) is 9.55 Å². The van der Waals surface area contributed by atoms with Crippen LogP contribution in [0.5, 0.6) is 0 Å². The molecule has 2 aromatic carbocycles. The second-order valence-corrected chi connectivity index (χ2v) is 5.88. The van der Waals surface area contributed by atoms with Crippen molar-refractivity contribution in [3.8, 4) is 16.9 Å². The van der Waals surface area contributed by atoms with E-state index in [9.17, 15) is 0 Å². The van der Waals surface area contributed by atoms with Gasteiger partial charge in [-0.25, -0.2) is 4.98 Å². The number of nitrogens with two attached hydrogens (primary N) is 1. The molecule has 0 bridgehead atoms. The van der Waals surface area contributed by atoms with Gasteiger partial charge in [-0.2, -0.15) is 0 Å². The topological polar surface area (TPSA) is 43.8 Å². The monoisotopic (exact) mass is 305 g/mol. The van der Waals surface area contributed by atoms with E-state index in [-0.39, 0.29) is 0 Å². The third-order valence-corrected chi connectivity index (χ3v) is 4.14. The molecule has 0 saturated heterocycles. The summed E-state index contributed by atoms with van der Waals surface area (Å²) in [4.78, 5) is 4.48. The fraction of sp³-hybridized carbons (Fsp3) is 0.250. The van der Waals surface area contributed by atoms with Gasteiger partial charge in [0.05, 0.1) is 11.4 Å². The van der Waals surface area contributed by atoms with Crippen molar-refractivity contribution in [1.82, 2.24) is 9.55 Å². The Bertz CT molecular complexity index is 771. The minimum atomic E-state index is 0.530. The molecule has 1 aromatic heterocycles. The molecule has 3 rings (SSSR count). The minimum absolute atomic E-state index is 0.530. The van der Waals surface area contributed by atoms with Gasteiger partial charge >= 0.3 is 0 Å². The zero-order valence-corrected chi connectivity index (χ0v) is 13.8. The Balaban J connectivity index is 2.03. The van der Waals surface area contributed by atoms with E-state index in [0.29, 0.717) is 5.95 Å². The third-order valence-electron chi connectivity index (χ3n) is 4.14. The van der Waals surface area contributed by atoms with E-state index in [1.54, 1.807) is 0 Å². The standard InChI is InChI=1S/C20H23N3/c1-3-4-8-16-11-13-18(14-12-16)23-19(15(2)22-20(23)21)17-9-6-5-7-10-17/h5-7,9-14H,3-4,8H2,1-2H3,(H2,21,22). The Morgan fingerprint density at radius 2 is 1.70 bits per heavy atom. The van der Waals surface area contributed by atoms with Gasteiger partial charge < -0.3 is 5.73 Å². The van der Waals surface area contributed by atoms with Gasteiger partial charge in [-0.05, 0) is 37.5 Å². The van der Waals surface area contributed by atoms with E-state index in [4.69, 9.17) is 5.73 Å². The fourth-order valence-corrected chi connectivity index (χ4v) is 2.94. The first kappa shape index (κ1) is 15.3. The van der Waals surface area contributed by atoms with E-state index in [1.807, 2.05) is 29.7 Å². The minimum Gasteiger partial charge on any atom is -0.369 e. The summed E-state index contributed by atoms with van der Waals surface area (Å²) in [6.45, 7) is 4.22. The summed E-state index contributed by atoms with van der Waals surface area (Å²) >= 11 is 0. The number of nitrogen functional groups attached to an aromatic ring is 1. The van der Waals surface area contributed by atoms with Gasteiger partial charge in [0.15, 0.2) is 0 Å². The van der Waals surface area contributed by atoms with Crippen molar-refractivity contribution in [3.63, 3.8) is 0 Å². The summed E-state index contributed by atoms with van der Waals surface area (Å²) in [5, 5.41) is 0. The van der Waals surface area contributed by atoms with E-state index < -0.39 is 0 Å². The predicted molar refractivity (Wildman–Crippen MR) is 96.8 cm³/mol. The number of hydrogen-bond donors (Lipinski definition) is 1. The molecule has 0 spiro atoms. The molecule has 0 amide bonds. The van der Waals surface area contributed by atoms with Crippen LogP contribution in [0.3, 0.4) is 0 Å². The third kappa shape index (κ3) is 3.14. The number of rotatable bonds is 5. The molecule has 3 heteroatoms. The summed E-state index contributed by atoms with van der Waals surface area (Å²) in [6.07, 6.45) is 3.56. The number of anilines is 1. The maximum absolute atomic E-state index is 6.18. The van der Waals surface area contributed by atoms with Gasteiger partial charge in [0.25, 0.3) is 0 Å². The van der Waals surface area contributed by atoms with Gasteiger partial charge in [-0.15, -0.1) is 0 Å². The maximum Gasteiger partial charge on any atom is 0.205 e. The van der Waals surface area contributed by atoms with E-state index in [2.05, 4.69) is 48.3 Å². The highest BCUT2D eigenvalue weighted by Crippen LogP contribution is 2.29. The SMILES string of the molecule is CCCCc1ccc(-n2c(N)nc(C)c2-c2ccccc2)cc1. The van der Waals surface area contributed by atoms with Gasteiger partial charge in [0.2, 0.25) is 5.95 Å². The Morgan fingerprint density at radius 3 is 2.35 bits per heavy atom. The fourth-order valence-electron chi connectivity index (χ4n) is 2.94. The normalized spacial score (nSPS) is 10.9. The molecular formula is C20H23N3. The van der Waals surface area contributed by atoms with Gasteiger partial charge in [0.1, 0.15) is 0 Å². The van der Waals surface area contributed by atoms with Crippen LogP contribution in [0, 0.1) is 6.92 Å². The number of hydrogen-bond acceptors (Lipinski definition) is 2. The van der Waals surface area contributed by atoms with Crippen LogP contribution in [0.15, 0.2) is 54.6 Å². The summed E-state index contributed by atoms with van der Waals surface area (Å²) < 4.78 is 2.04. The molecule has 0 aliphatic carbocycles. The molecule has 2 N–H and O–H groups in total. The molecule has 23 heavy (non-hydrogen) atoms. The second kappa shape index (κ2) is 6.69. The number of nitrogens with zero attached hydrogens (tertiary/aromatic N) is 2. The molecule has 0 unspecified atom stereocenters. The molecule has 0 aliphatic rings.